The summed E-state index contributed by atoms with van der Waals surface area (Å²) >= 11 is 6.07. The molecule has 0 amide bonds. The Morgan fingerprint density at radius 2 is 1.96 bits per heavy atom. The second-order valence-corrected chi connectivity index (χ2v) is 11.8. The normalized spacial score (nSPS) is 18.0. The van der Waals surface area contributed by atoms with Crippen molar-refractivity contribution >= 4 is 39.6 Å². The molecule has 0 unspecified atom stereocenters. The fraction of sp³-hybridized carbons (Fsp3) is 0.333. The number of benzene rings is 3. The molecule has 0 aliphatic carbocycles. The van der Waals surface area contributed by atoms with Gasteiger partial charge in [-0.1, -0.05) is 23.7 Å². The molecule has 0 spiro atoms. The molecular weight excluding hydrogens is 596 g/mol. The number of hydrogen-bond acceptors (Lipinski definition) is 8. The summed E-state index contributed by atoms with van der Waals surface area (Å²) in [5.41, 5.74) is 4.51. The molecule has 1 N–H and O–H groups in total. The standard InChI is InChI=1S/C33H31ClN6O5/c1-19-32-37-30-25(4-3-5-27(30)45-18-20-6-7-23(34)12-22(20)15-35)39(32)10-9-38(19)17-29-36-31-26(40(29)16-24-8-11-44-24)13-21(33(41)42)14-28(31)43-2/h3-7,12-14,19,24H,8-11,16-18H2,1-2H3,(H,41,42)/t19-,24-/m0/s1. The minimum Gasteiger partial charge on any atom is -0.494 e. The molecule has 230 valence electrons. The number of aromatic carboxylic acids is 1. The molecule has 12 heteroatoms. The Bertz CT molecular complexity index is 1990. The summed E-state index contributed by atoms with van der Waals surface area (Å²) in [6.07, 6.45) is 0.998. The maximum Gasteiger partial charge on any atom is 0.335 e. The Labute approximate surface area is 264 Å². The zero-order chi connectivity index (χ0) is 31.2. The van der Waals surface area contributed by atoms with Crippen molar-refractivity contribution < 1.29 is 24.1 Å². The number of carboxylic acid groups (broad SMARTS) is 1. The quantitative estimate of drug-likeness (QED) is 0.224. The number of hydrogen-bond donors (Lipinski definition) is 1. The Balaban J connectivity index is 1.19. The van der Waals surface area contributed by atoms with Crippen LogP contribution in [0.5, 0.6) is 11.5 Å². The maximum absolute atomic E-state index is 11.9. The molecule has 0 radical (unpaired) electrons. The number of nitriles is 1. The monoisotopic (exact) mass is 626 g/mol. The molecule has 0 saturated carbocycles. The zero-order valence-corrected chi connectivity index (χ0v) is 25.6. The van der Waals surface area contributed by atoms with Gasteiger partial charge >= 0.3 is 5.97 Å². The van der Waals surface area contributed by atoms with Crippen LogP contribution >= 0.6 is 11.6 Å². The minimum atomic E-state index is -1.02. The molecule has 7 rings (SSSR count). The summed E-state index contributed by atoms with van der Waals surface area (Å²) in [6.45, 7) is 5.69. The van der Waals surface area contributed by atoms with Crippen molar-refractivity contribution in [2.24, 2.45) is 0 Å². The lowest BCUT2D eigenvalue weighted by atomic mass is 10.1. The summed E-state index contributed by atoms with van der Waals surface area (Å²) in [5, 5.41) is 19.8. The number of carbonyl (C=O) groups is 1. The first kappa shape index (κ1) is 29.1. The van der Waals surface area contributed by atoms with E-state index in [4.69, 9.17) is 35.8 Å². The Morgan fingerprint density at radius 1 is 1.13 bits per heavy atom. The number of para-hydroxylation sites is 1. The lowest BCUT2D eigenvalue weighted by Crippen LogP contribution is -2.38. The molecule has 1 saturated heterocycles. The topological polar surface area (TPSA) is 128 Å². The number of carboxylic acids is 1. The van der Waals surface area contributed by atoms with Crippen molar-refractivity contribution in [3.8, 4) is 17.6 Å². The van der Waals surface area contributed by atoms with Gasteiger partial charge in [0.2, 0.25) is 0 Å². The van der Waals surface area contributed by atoms with Gasteiger partial charge in [-0.25, -0.2) is 14.8 Å². The van der Waals surface area contributed by atoms with Crippen molar-refractivity contribution in [1.82, 2.24) is 24.0 Å². The maximum atomic E-state index is 11.9. The van der Waals surface area contributed by atoms with Gasteiger partial charge in [0.1, 0.15) is 40.8 Å². The van der Waals surface area contributed by atoms with Crippen molar-refractivity contribution in [3.05, 3.63) is 81.9 Å². The Morgan fingerprint density at radius 3 is 2.69 bits per heavy atom. The molecule has 2 aromatic heterocycles. The molecule has 1 fully saturated rings. The fourth-order valence-corrected chi connectivity index (χ4v) is 6.37. The van der Waals surface area contributed by atoms with E-state index in [1.807, 2.05) is 18.2 Å². The number of nitrogens with zero attached hydrogens (tertiary/aromatic N) is 6. The first-order valence-electron chi connectivity index (χ1n) is 14.8. The molecule has 11 nitrogen and oxygen atoms in total. The van der Waals surface area contributed by atoms with E-state index in [0.717, 1.165) is 59.9 Å². The van der Waals surface area contributed by atoms with Crippen LogP contribution in [0.1, 0.15) is 52.5 Å². The lowest BCUT2D eigenvalue weighted by molar-refractivity contribution is -0.0592. The molecule has 3 aromatic carbocycles. The van der Waals surface area contributed by atoms with Crippen LogP contribution < -0.4 is 9.47 Å². The number of rotatable bonds is 9. The van der Waals surface area contributed by atoms with E-state index < -0.39 is 5.97 Å². The molecule has 0 bridgehead atoms. The summed E-state index contributed by atoms with van der Waals surface area (Å²) in [6, 6.07) is 16.4. The number of imidazole rings is 2. The van der Waals surface area contributed by atoms with E-state index in [1.54, 1.807) is 18.2 Å². The lowest BCUT2D eigenvalue weighted by Gasteiger charge is -2.34. The third-order valence-electron chi connectivity index (χ3n) is 8.77. The first-order valence-corrected chi connectivity index (χ1v) is 15.2. The molecule has 2 atom stereocenters. The molecular formula is C33H31ClN6O5. The van der Waals surface area contributed by atoms with Crippen LogP contribution in [0.3, 0.4) is 0 Å². The fourth-order valence-electron chi connectivity index (χ4n) is 6.20. The van der Waals surface area contributed by atoms with E-state index >= 15 is 0 Å². The predicted octanol–water partition coefficient (Wildman–Crippen LogP) is 5.56. The predicted molar refractivity (Wildman–Crippen MR) is 167 cm³/mol. The first-order chi connectivity index (χ1) is 21.8. The molecule has 5 aromatic rings. The van der Waals surface area contributed by atoms with Gasteiger partial charge in [-0.05, 0) is 49.7 Å². The Kier molecular flexibility index (Phi) is 7.57. The van der Waals surface area contributed by atoms with Crippen LogP contribution in [0.25, 0.3) is 22.1 Å². The van der Waals surface area contributed by atoms with E-state index in [1.165, 1.54) is 13.2 Å². The molecule has 45 heavy (non-hydrogen) atoms. The number of methoxy groups -OCH3 is 1. The van der Waals surface area contributed by atoms with E-state index in [2.05, 4.69) is 33.1 Å². The zero-order valence-electron chi connectivity index (χ0n) is 24.9. The van der Waals surface area contributed by atoms with Crippen molar-refractivity contribution in [1.29, 1.82) is 5.26 Å². The highest BCUT2D eigenvalue weighted by Crippen LogP contribution is 2.35. The average Bonchev–Trinajstić information content (AvgIpc) is 3.57. The summed E-state index contributed by atoms with van der Waals surface area (Å²) < 4.78 is 21.9. The SMILES string of the molecule is COc1cc(C(=O)O)cc2c1nc(CN1CCn3c(nc4c(OCc5ccc(Cl)cc5C#N)cccc43)[C@@H]1C)n2C[C@@H]1CCO1. The van der Waals surface area contributed by atoms with Gasteiger partial charge in [0.25, 0.3) is 0 Å². The van der Waals surface area contributed by atoms with Crippen LogP contribution in [0.2, 0.25) is 5.02 Å². The number of aromatic nitrogens is 4. The number of fused-ring (bicyclic) bond motifs is 4. The highest BCUT2D eigenvalue weighted by molar-refractivity contribution is 6.30. The van der Waals surface area contributed by atoms with Crippen LogP contribution in [-0.4, -0.2) is 61.4 Å². The summed E-state index contributed by atoms with van der Waals surface area (Å²) in [7, 11) is 1.53. The van der Waals surface area contributed by atoms with Gasteiger partial charge in [0.05, 0.1) is 60.6 Å². The van der Waals surface area contributed by atoms with Crippen molar-refractivity contribution in [2.75, 3.05) is 20.3 Å². The van der Waals surface area contributed by atoms with Gasteiger partial charge < -0.3 is 28.5 Å². The number of ether oxygens (including phenoxy) is 3. The van der Waals surface area contributed by atoms with Gasteiger partial charge in [0, 0.05) is 30.3 Å². The van der Waals surface area contributed by atoms with Crippen molar-refractivity contribution in [3.63, 3.8) is 0 Å². The largest absolute Gasteiger partial charge is 0.494 e. The highest BCUT2D eigenvalue weighted by atomic mass is 35.5. The van der Waals surface area contributed by atoms with Crippen LogP contribution in [0.15, 0.2) is 48.5 Å². The van der Waals surface area contributed by atoms with Gasteiger partial charge in [-0.2, -0.15) is 5.26 Å². The van der Waals surface area contributed by atoms with Gasteiger partial charge in [0.15, 0.2) is 0 Å². The highest BCUT2D eigenvalue weighted by Gasteiger charge is 2.31. The summed E-state index contributed by atoms with van der Waals surface area (Å²) in [4.78, 5) is 24.3. The second kappa shape index (κ2) is 11.7. The Hall–Kier alpha value is -4.63. The van der Waals surface area contributed by atoms with Gasteiger partial charge in [-0.3, -0.25) is 4.90 Å². The minimum absolute atomic E-state index is 0.0369. The number of halogens is 1. The summed E-state index contributed by atoms with van der Waals surface area (Å²) in [5.74, 6) is 1.80. The van der Waals surface area contributed by atoms with Gasteiger partial charge in [-0.15, -0.1) is 0 Å². The van der Waals surface area contributed by atoms with Crippen LogP contribution in [0, 0.1) is 11.3 Å². The van der Waals surface area contributed by atoms with E-state index in [-0.39, 0.29) is 24.3 Å². The van der Waals surface area contributed by atoms with Crippen molar-refractivity contribution in [2.45, 2.75) is 51.7 Å². The molecule has 2 aliphatic heterocycles. The van der Waals surface area contributed by atoms with E-state index in [9.17, 15) is 15.2 Å². The molecule has 4 heterocycles. The average molecular weight is 627 g/mol. The smallest absolute Gasteiger partial charge is 0.335 e. The second-order valence-electron chi connectivity index (χ2n) is 11.4. The third kappa shape index (κ3) is 5.25. The van der Waals surface area contributed by atoms with Crippen LogP contribution in [0.4, 0.5) is 0 Å². The molecule has 2 aliphatic rings. The van der Waals surface area contributed by atoms with E-state index in [0.29, 0.717) is 40.7 Å². The third-order valence-corrected chi connectivity index (χ3v) is 9.00. The van der Waals surface area contributed by atoms with Crippen LogP contribution in [-0.2, 0) is 31.0 Å².